The molecule has 0 amide bonds. The summed E-state index contributed by atoms with van der Waals surface area (Å²) in [7, 11) is 0. The Balaban J connectivity index is 2.76. The molecule has 1 unspecified atom stereocenters. The molecule has 1 aromatic rings. The van der Waals surface area contributed by atoms with Crippen LogP contribution < -0.4 is 4.74 Å². The van der Waals surface area contributed by atoms with E-state index in [4.69, 9.17) is 9.47 Å². The molecule has 0 fully saturated rings. The number of benzene rings is 1. The number of rotatable bonds is 5. The second-order valence-corrected chi connectivity index (χ2v) is 4.23. The second-order valence-electron chi connectivity index (χ2n) is 3.31. The van der Waals surface area contributed by atoms with Crippen LogP contribution >= 0.6 is 15.9 Å². The van der Waals surface area contributed by atoms with Crippen molar-refractivity contribution in [3.63, 3.8) is 0 Å². The van der Waals surface area contributed by atoms with Crippen LogP contribution in [0.5, 0.6) is 5.75 Å². The lowest BCUT2D eigenvalue weighted by atomic mass is 10.2. The quantitative estimate of drug-likeness (QED) is 0.619. The molecule has 1 aromatic carbocycles. The molecule has 17 heavy (non-hydrogen) atoms. The maximum absolute atomic E-state index is 11.5. The average molecular weight is 301 g/mol. The van der Waals surface area contributed by atoms with E-state index in [9.17, 15) is 9.59 Å². The van der Waals surface area contributed by atoms with Gasteiger partial charge in [-0.15, -0.1) is 0 Å². The number of ketones is 1. The van der Waals surface area contributed by atoms with Crippen molar-refractivity contribution in [2.75, 3.05) is 6.61 Å². The van der Waals surface area contributed by atoms with Gasteiger partial charge < -0.3 is 9.47 Å². The molecule has 0 heterocycles. The van der Waals surface area contributed by atoms with Crippen molar-refractivity contribution < 1.29 is 19.1 Å². The summed E-state index contributed by atoms with van der Waals surface area (Å²) in [5, 5.41) is 0. The van der Waals surface area contributed by atoms with Crippen molar-refractivity contribution in [2.24, 2.45) is 0 Å². The minimum absolute atomic E-state index is 0.215. The Kier molecular flexibility index (Phi) is 5.15. The molecule has 0 aromatic heterocycles. The third-order valence-corrected chi connectivity index (χ3v) is 2.47. The Hall–Kier alpha value is -1.36. The number of halogens is 1. The standard InChI is InChI=1S/C12H13BrO4/c1-3-16-12(15)11(8(2)14)17-10-6-4-9(13)5-7-10/h4-7,11H,3H2,1-2H3. The van der Waals surface area contributed by atoms with Gasteiger partial charge in [-0.2, -0.15) is 0 Å². The molecule has 0 aliphatic heterocycles. The normalized spacial score (nSPS) is 11.7. The lowest BCUT2D eigenvalue weighted by Crippen LogP contribution is -2.35. The molecule has 92 valence electrons. The molecule has 0 N–H and O–H groups in total. The van der Waals surface area contributed by atoms with Crippen LogP contribution in [0.25, 0.3) is 0 Å². The number of esters is 1. The van der Waals surface area contributed by atoms with Crippen molar-refractivity contribution in [1.29, 1.82) is 0 Å². The van der Waals surface area contributed by atoms with Crippen molar-refractivity contribution in [2.45, 2.75) is 20.0 Å². The third-order valence-electron chi connectivity index (χ3n) is 1.94. The van der Waals surface area contributed by atoms with E-state index in [1.54, 1.807) is 31.2 Å². The summed E-state index contributed by atoms with van der Waals surface area (Å²) in [5.74, 6) is -0.601. The molecule has 1 atom stereocenters. The number of hydrogen-bond acceptors (Lipinski definition) is 4. The lowest BCUT2D eigenvalue weighted by Gasteiger charge is -2.14. The summed E-state index contributed by atoms with van der Waals surface area (Å²) >= 11 is 3.28. The van der Waals surface area contributed by atoms with Crippen LogP contribution in [0.15, 0.2) is 28.7 Å². The topological polar surface area (TPSA) is 52.6 Å². The van der Waals surface area contributed by atoms with E-state index in [1.807, 2.05) is 0 Å². The maximum Gasteiger partial charge on any atom is 0.355 e. The number of ether oxygens (including phenoxy) is 2. The van der Waals surface area contributed by atoms with Gasteiger partial charge in [0.2, 0.25) is 0 Å². The predicted octanol–water partition coefficient (Wildman–Crippen LogP) is 2.35. The van der Waals surface area contributed by atoms with Gasteiger partial charge in [0.05, 0.1) is 6.61 Å². The maximum atomic E-state index is 11.5. The van der Waals surface area contributed by atoms with E-state index in [2.05, 4.69) is 15.9 Å². The summed E-state index contributed by atoms with van der Waals surface area (Å²) < 4.78 is 11.0. The Bertz CT molecular complexity index is 399. The van der Waals surface area contributed by atoms with Gasteiger partial charge in [0, 0.05) is 4.47 Å². The Morgan fingerprint density at radius 1 is 1.29 bits per heavy atom. The van der Waals surface area contributed by atoms with Gasteiger partial charge in [-0.1, -0.05) is 15.9 Å². The summed E-state index contributed by atoms with van der Waals surface area (Å²) in [6, 6.07) is 6.86. The van der Waals surface area contributed by atoms with E-state index in [0.29, 0.717) is 5.75 Å². The first-order valence-electron chi connectivity index (χ1n) is 5.14. The molecular formula is C12H13BrO4. The molecule has 0 bridgehead atoms. The van der Waals surface area contributed by atoms with Gasteiger partial charge in [-0.3, -0.25) is 4.79 Å². The van der Waals surface area contributed by atoms with E-state index in [0.717, 1.165) is 4.47 Å². The first kappa shape index (κ1) is 13.7. The van der Waals surface area contributed by atoms with Crippen LogP contribution in [0.4, 0.5) is 0 Å². The molecule has 0 saturated carbocycles. The molecule has 0 aliphatic carbocycles. The van der Waals surface area contributed by atoms with Gasteiger partial charge >= 0.3 is 5.97 Å². The zero-order chi connectivity index (χ0) is 12.8. The van der Waals surface area contributed by atoms with Crippen LogP contribution in [0.2, 0.25) is 0 Å². The highest BCUT2D eigenvalue weighted by Crippen LogP contribution is 2.17. The van der Waals surface area contributed by atoms with Crippen molar-refractivity contribution >= 4 is 27.7 Å². The van der Waals surface area contributed by atoms with Gasteiger partial charge in [0.1, 0.15) is 5.75 Å². The molecule has 0 aliphatic rings. The van der Waals surface area contributed by atoms with Crippen molar-refractivity contribution in [3.05, 3.63) is 28.7 Å². The van der Waals surface area contributed by atoms with Crippen LogP contribution in [-0.4, -0.2) is 24.5 Å². The van der Waals surface area contributed by atoms with Gasteiger partial charge in [-0.25, -0.2) is 4.79 Å². The fourth-order valence-corrected chi connectivity index (χ4v) is 1.43. The van der Waals surface area contributed by atoms with Gasteiger partial charge in [0.25, 0.3) is 6.10 Å². The highest BCUT2D eigenvalue weighted by molar-refractivity contribution is 9.10. The highest BCUT2D eigenvalue weighted by atomic mass is 79.9. The monoisotopic (exact) mass is 300 g/mol. The Morgan fingerprint density at radius 2 is 1.88 bits per heavy atom. The van der Waals surface area contributed by atoms with Gasteiger partial charge in [0.15, 0.2) is 5.78 Å². The zero-order valence-electron chi connectivity index (χ0n) is 9.60. The molecule has 5 heteroatoms. The largest absolute Gasteiger partial charge is 0.471 e. The Morgan fingerprint density at radius 3 is 2.35 bits per heavy atom. The summed E-state index contributed by atoms with van der Waals surface area (Å²) in [4.78, 5) is 22.8. The van der Waals surface area contributed by atoms with E-state index in [1.165, 1.54) is 6.92 Å². The average Bonchev–Trinajstić information content (AvgIpc) is 2.28. The van der Waals surface area contributed by atoms with Crippen LogP contribution in [0.1, 0.15) is 13.8 Å². The van der Waals surface area contributed by atoms with Crippen LogP contribution in [-0.2, 0) is 14.3 Å². The molecular weight excluding hydrogens is 288 g/mol. The first-order chi connectivity index (χ1) is 8.04. The minimum atomic E-state index is -1.20. The summed E-state index contributed by atoms with van der Waals surface area (Å²) in [5.41, 5.74) is 0. The first-order valence-corrected chi connectivity index (χ1v) is 5.93. The second kappa shape index (κ2) is 6.39. The smallest absolute Gasteiger partial charge is 0.355 e. The number of carbonyl (C=O) groups is 2. The van der Waals surface area contributed by atoms with Crippen molar-refractivity contribution in [1.82, 2.24) is 0 Å². The number of hydrogen-bond donors (Lipinski definition) is 0. The number of Topliss-reactive ketones (excluding diaryl/α,β-unsaturated/α-hetero) is 1. The van der Waals surface area contributed by atoms with Crippen LogP contribution in [0, 0.1) is 0 Å². The van der Waals surface area contributed by atoms with E-state index < -0.39 is 12.1 Å². The SMILES string of the molecule is CCOC(=O)C(Oc1ccc(Br)cc1)C(C)=O. The summed E-state index contributed by atoms with van der Waals surface area (Å²) in [6.45, 7) is 3.18. The van der Waals surface area contributed by atoms with E-state index >= 15 is 0 Å². The third kappa shape index (κ3) is 4.19. The lowest BCUT2D eigenvalue weighted by molar-refractivity contribution is -0.154. The number of carbonyl (C=O) groups excluding carboxylic acids is 2. The van der Waals surface area contributed by atoms with Gasteiger partial charge in [-0.05, 0) is 38.1 Å². The fourth-order valence-electron chi connectivity index (χ4n) is 1.16. The fraction of sp³-hybridized carbons (Fsp3) is 0.333. The van der Waals surface area contributed by atoms with Crippen LogP contribution in [0.3, 0.4) is 0 Å². The zero-order valence-corrected chi connectivity index (χ0v) is 11.2. The highest BCUT2D eigenvalue weighted by Gasteiger charge is 2.26. The minimum Gasteiger partial charge on any atom is -0.471 e. The Labute approximate surface area is 108 Å². The molecule has 0 radical (unpaired) electrons. The molecule has 4 nitrogen and oxygen atoms in total. The van der Waals surface area contributed by atoms with Crippen molar-refractivity contribution in [3.8, 4) is 5.75 Å². The molecule has 1 rings (SSSR count). The van der Waals surface area contributed by atoms with E-state index in [-0.39, 0.29) is 12.4 Å². The summed E-state index contributed by atoms with van der Waals surface area (Å²) in [6.07, 6.45) is -1.20. The molecule has 0 saturated heterocycles. The predicted molar refractivity (Wildman–Crippen MR) is 65.9 cm³/mol. The molecule has 0 spiro atoms.